The molecule has 0 spiro atoms. The molecule has 1 fully saturated rings. The van der Waals surface area contributed by atoms with Crippen LogP contribution in [0.2, 0.25) is 0 Å². The summed E-state index contributed by atoms with van der Waals surface area (Å²) in [5.41, 5.74) is 0.925. The molecule has 0 saturated heterocycles. The Morgan fingerprint density at radius 1 is 1.24 bits per heavy atom. The molecule has 1 aliphatic heterocycles. The van der Waals surface area contributed by atoms with Crippen LogP contribution in [0.15, 0.2) is 18.2 Å². The molecule has 1 heterocycles. The third-order valence-electron chi connectivity index (χ3n) is 5.83. The van der Waals surface area contributed by atoms with Crippen LogP contribution in [0, 0.1) is 5.92 Å². The van der Waals surface area contributed by atoms with Gasteiger partial charge in [0.1, 0.15) is 5.75 Å². The normalized spacial score (nSPS) is 23.5. The molecule has 5 nitrogen and oxygen atoms in total. The van der Waals surface area contributed by atoms with Gasteiger partial charge >= 0.3 is 5.97 Å². The SMILES string of the molecule is COC(=O)CC1(CC2CCCCC2)C(=O)N(C)c2ccc(OC)cc21. The maximum absolute atomic E-state index is 13.3. The number of ether oxygens (including phenoxy) is 2. The lowest BCUT2D eigenvalue weighted by Crippen LogP contribution is -2.42. The number of benzene rings is 1. The average molecular weight is 345 g/mol. The zero-order valence-corrected chi connectivity index (χ0v) is 15.3. The Balaban J connectivity index is 2.06. The van der Waals surface area contributed by atoms with Crippen molar-refractivity contribution in [2.24, 2.45) is 5.92 Å². The van der Waals surface area contributed by atoms with Crippen molar-refractivity contribution in [3.63, 3.8) is 0 Å². The third-order valence-corrected chi connectivity index (χ3v) is 5.83. The molecule has 1 aromatic carbocycles. The molecule has 1 aliphatic carbocycles. The highest BCUT2D eigenvalue weighted by molar-refractivity contribution is 6.09. The fourth-order valence-corrected chi connectivity index (χ4v) is 4.51. The van der Waals surface area contributed by atoms with Gasteiger partial charge in [-0.25, -0.2) is 0 Å². The summed E-state index contributed by atoms with van der Waals surface area (Å²) in [7, 11) is 4.78. The summed E-state index contributed by atoms with van der Waals surface area (Å²) in [6.45, 7) is 0. The lowest BCUT2D eigenvalue weighted by Gasteiger charge is -2.33. The van der Waals surface area contributed by atoms with Gasteiger partial charge in [-0.05, 0) is 36.1 Å². The molecular weight excluding hydrogens is 318 g/mol. The number of likely N-dealkylation sites (N-methyl/N-ethyl adjacent to an activating group) is 1. The molecule has 25 heavy (non-hydrogen) atoms. The molecule has 0 bridgehead atoms. The van der Waals surface area contributed by atoms with Crippen LogP contribution < -0.4 is 9.64 Å². The fraction of sp³-hybridized carbons (Fsp3) is 0.600. The average Bonchev–Trinajstić information content (AvgIpc) is 2.84. The molecule has 1 unspecified atom stereocenters. The summed E-state index contributed by atoms with van der Waals surface area (Å²) in [5, 5.41) is 0. The first-order chi connectivity index (χ1) is 12.0. The Hall–Kier alpha value is -2.04. The number of amides is 1. The quantitative estimate of drug-likeness (QED) is 0.767. The first-order valence-corrected chi connectivity index (χ1v) is 9.05. The Labute approximate surface area is 149 Å². The first-order valence-electron chi connectivity index (χ1n) is 9.05. The summed E-state index contributed by atoms with van der Waals surface area (Å²) < 4.78 is 10.3. The summed E-state index contributed by atoms with van der Waals surface area (Å²) in [4.78, 5) is 27.2. The lowest BCUT2D eigenvalue weighted by atomic mass is 9.69. The van der Waals surface area contributed by atoms with Crippen LogP contribution in [0.5, 0.6) is 5.75 Å². The number of hydrogen-bond acceptors (Lipinski definition) is 4. The van der Waals surface area contributed by atoms with E-state index in [9.17, 15) is 9.59 Å². The van der Waals surface area contributed by atoms with Gasteiger partial charge in [-0.1, -0.05) is 32.1 Å². The summed E-state index contributed by atoms with van der Waals surface area (Å²) in [6, 6.07) is 5.69. The maximum atomic E-state index is 13.3. The lowest BCUT2D eigenvalue weighted by molar-refractivity contribution is -0.144. The highest BCUT2D eigenvalue weighted by atomic mass is 16.5. The van der Waals surface area contributed by atoms with Crippen LogP contribution in [-0.4, -0.2) is 33.1 Å². The van der Waals surface area contributed by atoms with Gasteiger partial charge in [-0.15, -0.1) is 0 Å². The molecule has 136 valence electrons. The van der Waals surface area contributed by atoms with E-state index >= 15 is 0 Å². The van der Waals surface area contributed by atoms with Gasteiger partial charge in [0.15, 0.2) is 0 Å². The van der Waals surface area contributed by atoms with E-state index in [1.54, 1.807) is 19.1 Å². The number of nitrogens with zero attached hydrogens (tertiary/aromatic N) is 1. The van der Waals surface area contributed by atoms with Gasteiger partial charge in [-0.3, -0.25) is 9.59 Å². The molecule has 1 saturated carbocycles. The molecule has 0 radical (unpaired) electrons. The van der Waals surface area contributed by atoms with Gasteiger partial charge in [0, 0.05) is 12.7 Å². The smallest absolute Gasteiger partial charge is 0.306 e. The van der Waals surface area contributed by atoms with E-state index in [4.69, 9.17) is 9.47 Å². The second kappa shape index (κ2) is 7.06. The minimum absolute atomic E-state index is 0.00766. The van der Waals surface area contributed by atoms with Crippen molar-refractivity contribution < 1.29 is 19.1 Å². The molecule has 5 heteroatoms. The topological polar surface area (TPSA) is 55.8 Å². The van der Waals surface area contributed by atoms with Crippen molar-refractivity contribution in [1.82, 2.24) is 0 Å². The number of methoxy groups -OCH3 is 2. The number of carbonyl (C=O) groups is 2. The molecule has 3 rings (SSSR count). The Kier molecular flexibility index (Phi) is 5.02. The third kappa shape index (κ3) is 3.12. The van der Waals surface area contributed by atoms with Crippen LogP contribution in [-0.2, 0) is 19.7 Å². The monoisotopic (exact) mass is 345 g/mol. The van der Waals surface area contributed by atoms with Crippen molar-refractivity contribution in [3.8, 4) is 5.75 Å². The van der Waals surface area contributed by atoms with E-state index in [1.165, 1.54) is 26.4 Å². The second-order valence-corrected chi connectivity index (χ2v) is 7.29. The number of anilines is 1. The standard InChI is InChI=1S/C20H27NO4/c1-21-17-10-9-15(24-2)11-16(17)20(19(21)23,13-18(22)25-3)12-14-7-5-4-6-8-14/h9-11,14H,4-8,12-13H2,1-3H3. The zero-order chi connectivity index (χ0) is 18.0. The number of hydrogen-bond donors (Lipinski definition) is 0. The Bertz CT molecular complexity index is 666. The van der Waals surface area contributed by atoms with Crippen molar-refractivity contribution in [1.29, 1.82) is 0 Å². The molecule has 2 aliphatic rings. The van der Waals surface area contributed by atoms with Crippen molar-refractivity contribution in [3.05, 3.63) is 23.8 Å². The van der Waals surface area contributed by atoms with Crippen LogP contribution in [0.25, 0.3) is 0 Å². The minimum Gasteiger partial charge on any atom is -0.497 e. The van der Waals surface area contributed by atoms with Gasteiger partial charge in [-0.2, -0.15) is 0 Å². The molecule has 0 aromatic heterocycles. The van der Waals surface area contributed by atoms with Crippen molar-refractivity contribution in [2.75, 3.05) is 26.2 Å². The van der Waals surface area contributed by atoms with E-state index in [-0.39, 0.29) is 18.3 Å². The molecule has 0 N–H and O–H groups in total. The highest BCUT2D eigenvalue weighted by Crippen LogP contribution is 2.50. The van der Waals surface area contributed by atoms with Crippen LogP contribution in [0.3, 0.4) is 0 Å². The van der Waals surface area contributed by atoms with Crippen LogP contribution in [0.1, 0.15) is 50.5 Å². The van der Waals surface area contributed by atoms with E-state index in [0.29, 0.717) is 18.1 Å². The minimum atomic E-state index is -0.840. The maximum Gasteiger partial charge on any atom is 0.306 e. The second-order valence-electron chi connectivity index (χ2n) is 7.29. The Morgan fingerprint density at radius 2 is 1.96 bits per heavy atom. The number of esters is 1. The van der Waals surface area contributed by atoms with Crippen molar-refractivity contribution in [2.45, 2.75) is 50.4 Å². The fourth-order valence-electron chi connectivity index (χ4n) is 4.51. The summed E-state index contributed by atoms with van der Waals surface area (Å²) in [5.74, 6) is 0.826. The highest BCUT2D eigenvalue weighted by Gasteiger charge is 2.52. The molecule has 1 atom stereocenters. The molecular formula is C20H27NO4. The predicted octanol–water partition coefficient (Wildman–Crippen LogP) is 3.44. The van der Waals surface area contributed by atoms with Gasteiger partial charge in [0.25, 0.3) is 0 Å². The van der Waals surface area contributed by atoms with E-state index < -0.39 is 5.41 Å². The zero-order valence-electron chi connectivity index (χ0n) is 15.3. The number of fused-ring (bicyclic) bond motifs is 1. The van der Waals surface area contributed by atoms with E-state index in [2.05, 4.69) is 0 Å². The number of rotatable bonds is 5. The predicted molar refractivity (Wildman–Crippen MR) is 95.9 cm³/mol. The van der Waals surface area contributed by atoms with Crippen LogP contribution >= 0.6 is 0 Å². The van der Waals surface area contributed by atoms with Crippen LogP contribution in [0.4, 0.5) is 5.69 Å². The number of carbonyl (C=O) groups excluding carboxylic acids is 2. The molecule has 1 aromatic rings. The Morgan fingerprint density at radius 3 is 2.60 bits per heavy atom. The first kappa shape index (κ1) is 17.8. The summed E-state index contributed by atoms with van der Waals surface area (Å²) in [6.07, 6.45) is 6.70. The largest absolute Gasteiger partial charge is 0.497 e. The van der Waals surface area contributed by atoms with Gasteiger partial charge in [0.2, 0.25) is 5.91 Å². The van der Waals surface area contributed by atoms with Gasteiger partial charge < -0.3 is 14.4 Å². The van der Waals surface area contributed by atoms with Crippen molar-refractivity contribution >= 4 is 17.6 Å². The van der Waals surface area contributed by atoms with Gasteiger partial charge in [0.05, 0.1) is 26.1 Å². The summed E-state index contributed by atoms with van der Waals surface area (Å²) >= 11 is 0. The molecule has 1 amide bonds. The van der Waals surface area contributed by atoms with E-state index in [0.717, 1.165) is 24.1 Å². The van der Waals surface area contributed by atoms with E-state index in [1.807, 2.05) is 18.2 Å².